The van der Waals surface area contributed by atoms with E-state index in [0.717, 1.165) is 36.1 Å². The summed E-state index contributed by atoms with van der Waals surface area (Å²) in [5, 5.41) is 3.35. The molecule has 28 heavy (non-hydrogen) atoms. The zero-order valence-corrected chi connectivity index (χ0v) is 16.3. The second-order valence-corrected chi connectivity index (χ2v) is 7.27. The van der Waals surface area contributed by atoms with Gasteiger partial charge in [0.25, 0.3) is 5.56 Å². The van der Waals surface area contributed by atoms with Gasteiger partial charge < -0.3 is 10.2 Å². The van der Waals surface area contributed by atoms with E-state index in [1.165, 1.54) is 16.8 Å². The lowest BCUT2D eigenvalue weighted by Gasteiger charge is -2.32. The van der Waals surface area contributed by atoms with Crippen molar-refractivity contribution in [2.75, 3.05) is 26.2 Å². The van der Waals surface area contributed by atoms with Gasteiger partial charge in [0.2, 0.25) is 5.91 Å². The molecule has 7 heteroatoms. The number of hydrogen-bond donors (Lipinski definition) is 1. The molecule has 2 heterocycles. The van der Waals surface area contributed by atoms with E-state index < -0.39 is 11.2 Å². The van der Waals surface area contributed by atoms with E-state index in [9.17, 15) is 14.4 Å². The summed E-state index contributed by atoms with van der Waals surface area (Å²) in [7, 11) is 0. The summed E-state index contributed by atoms with van der Waals surface area (Å²) in [6.45, 7) is 5.52. The fraction of sp³-hybridized carbons (Fsp3) is 0.476. The first-order valence-corrected chi connectivity index (χ1v) is 9.91. The van der Waals surface area contributed by atoms with Gasteiger partial charge in [-0.15, -0.1) is 0 Å². The van der Waals surface area contributed by atoms with Crippen LogP contribution in [0.5, 0.6) is 0 Å². The summed E-state index contributed by atoms with van der Waals surface area (Å²) < 4.78 is 2.50. The molecular formula is C21H28N4O3. The predicted molar refractivity (Wildman–Crippen MR) is 108 cm³/mol. The SMILES string of the molecule is CCNCC1CCN(C(=O)Cn2c(=O)ccn(Cc3ccccc3)c2=O)CC1. The number of nitrogens with one attached hydrogen (secondary N) is 1. The summed E-state index contributed by atoms with van der Waals surface area (Å²) in [5.74, 6) is 0.408. The second-order valence-electron chi connectivity index (χ2n) is 7.27. The number of carbonyl (C=O) groups is 1. The van der Waals surface area contributed by atoms with Crippen LogP contribution in [0.15, 0.2) is 52.2 Å². The number of piperidine rings is 1. The maximum Gasteiger partial charge on any atom is 0.331 e. The average Bonchev–Trinajstić information content (AvgIpc) is 2.72. The average molecular weight is 384 g/mol. The molecule has 1 amide bonds. The summed E-state index contributed by atoms with van der Waals surface area (Å²) in [4.78, 5) is 39.4. The van der Waals surface area contributed by atoms with E-state index >= 15 is 0 Å². The van der Waals surface area contributed by atoms with Crippen molar-refractivity contribution in [3.63, 3.8) is 0 Å². The zero-order valence-electron chi connectivity index (χ0n) is 16.3. The van der Waals surface area contributed by atoms with Gasteiger partial charge in [0.15, 0.2) is 0 Å². The Morgan fingerprint density at radius 3 is 2.50 bits per heavy atom. The number of aromatic nitrogens is 2. The fourth-order valence-corrected chi connectivity index (χ4v) is 3.57. The minimum Gasteiger partial charge on any atom is -0.341 e. The van der Waals surface area contributed by atoms with Crippen LogP contribution in [-0.4, -0.2) is 46.1 Å². The number of nitrogens with zero attached hydrogens (tertiary/aromatic N) is 3. The number of amides is 1. The van der Waals surface area contributed by atoms with Gasteiger partial charge >= 0.3 is 5.69 Å². The number of carbonyl (C=O) groups excluding carboxylic acids is 1. The van der Waals surface area contributed by atoms with Crippen LogP contribution in [0, 0.1) is 5.92 Å². The van der Waals surface area contributed by atoms with Crippen molar-refractivity contribution in [2.45, 2.75) is 32.9 Å². The molecule has 0 bridgehead atoms. The lowest BCUT2D eigenvalue weighted by atomic mass is 9.97. The normalized spacial score (nSPS) is 15.0. The summed E-state index contributed by atoms with van der Waals surface area (Å²) in [6.07, 6.45) is 3.38. The first kappa shape index (κ1) is 20.1. The Labute approximate surface area is 164 Å². The number of benzene rings is 1. The van der Waals surface area contributed by atoms with Crippen LogP contribution in [0.25, 0.3) is 0 Å². The third-order valence-corrected chi connectivity index (χ3v) is 5.28. The molecule has 0 atom stereocenters. The van der Waals surface area contributed by atoms with Crippen LogP contribution >= 0.6 is 0 Å². The van der Waals surface area contributed by atoms with Crippen LogP contribution in [-0.2, 0) is 17.9 Å². The molecule has 0 unspecified atom stereocenters. The minimum absolute atomic E-state index is 0.168. The van der Waals surface area contributed by atoms with Crippen LogP contribution in [0.3, 0.4) is 0 Å². The molecule has 3 rings (SSSR count). The largest absolute Gasteiger partial charge is 0.341 e. The van der Waals surface area contributed by atoms with Crippen molar-refractivity contribution in [3.8, 4) is 0 Å². The molecule has 1 aliphatic rings. The van der Waals surface area contributed by atoms with Crippen molar-refractivity contribution >= 4 is 5.91 Å². The molecule has 0 aliphatic carbocycles. The van der Waals surface area contributed by atoms with Gasteiger partial charge in [0.1, 0.15) is 6.54 Å². The summed E-state index contributed by atoms with van der Waals surface area (Å²) >= 11 is 0. The van der Waals surface area contributed by atoms with E-state index in [4.69, 9.17) is 0 Å². The van der Waals surface area contributed by atoms with E-state index in [-0.39, 0.29) is 12.5 Å². The van der Waals surface area contributed by atoms with Crippen molar-refractivity contribution < 1.29 is 4.79 Å². The molecule has 1 aromatic carbocycles. The van der Waals surface area contributed by atoms with Gasteiger partial charge in [-0.1, -0.05) is 37.3 Å². The minimum atomic E-state index is -0.452. The van der Waals surface area contributed by atoms with Crippen molar-refractivity contribution in [1.82, 2.24) is 19.4 Å². The van der Waals surface area contributed by atoms with Crippen LogP contribution < -0.4 is 16.6 Å². The lowest BCUT2D eigenvalue weighted by molar-refractivity contribution is -0.133. The lowest BCUT2D eigenvalue weighted by Crippen LogP contribution is -2.46. The molecule has 7 nitrogen and oxygen atoms in total. The monoisotopic (exact) mass is 384 g/mol. The maximum atomic E-state index is 12.7. The Bertz CT molecular complexity index is 896. The van der Waals surface area contributed by atoms with Crippen molar-refractivity contribution in [2.24, 2.45) is 5.92 Å². The maximum absolute atomic E-state index is 12.7. The van der Waals surface area contributed by atoms with E-state index in [0.29, 0.717) is 25.6 Å². The molecule has 0 spiro atoms. The fourth-order valence-electron chi connectivity index (χ4n) is 3.57. The van der Waals surface area contributed by atoms with Gasteiger partial charge in [0.05, 0.1) is 6.54 Å². The van der Waals surface area contributed by atoms with E-state index in [1.54, 1.807) is 4.90 Å². The molecule has 1 aromatic heterocycles. The highest BCUT2D eigenvalue weighted by molar-refractivity contribution is 5.76. The Balaban J connectivity index is 1.67. The number of hydrogen-bond acceptors (Lipinski definition) is 4. The molecule has 0 radical (unpaired) electrons. The smallest absolute Gasteiger partial charge is 0.331 e. The molecular weight excluding hydrogens is 356 g/mol. The highest BCUT2D eigenvalue weighted by atomic mass is 16.2. The summed E-state index contributed by atoms with van der Waals surface area (Å²) in [6, 6.07) is 10.9. The topological polar surface area (TPSA) is 76.3 Å². The second kappa shape index (κ2) is 9.50. The summed E-state index contributed by atoms with van der Waals surface area (Å²) in [5.41, 5.74) is 0.0697. The molecule has 0 saturated carbocycles. The van der Waals surface area contributed by atoms with Crippen molar-refractivity contribution in [3.05, 3.63) is 69.0 Å². The zero-order chi connectivity index (χ0) is 19.9. The third kappa shape index (κ3) is 4.98. The van der Waals surface area contributed by atoms with Gasteiger partial charge in [-0.25, -0.2) is 4.79 Å². The van der Waals surface area contributed by atoms with Gasteiger partial charge in [-0.2, -0.15) is 0 Å². The molecule has 1 saturated heterocycles. The molecule has 1 aliphatic heterocycles. The number of likely N-dealkylation sites (tertiary alicyclic amines) is 1. The van der Waals surface area contributed by atoms with Crippen molar-refractivity contribution in [1.29, 1.82) is 0 Å². The van der Waals surface area contributed by atoms with Crippen LogP contribution in [0.2, 0.25) is 0 Å². The highest BCUT2D eigenvalue weighted by Gasteiger charge is 2.23. The molecule has 2 aromatic rings. The standard InChI is InChI=1S/C21H28N4O3/c1-2-22-14-17-8-11-23(12-9-17)20(27)16-25-19(26)10-13-24(21(25)28)15-18-6-4-3-5-7-18/h3-7,10,13,17,22H,2,8-9,11-12,14-16H2,1H3. The van der Waals surface area contributed by atoms with Gasteiger partial charge in [-0.05, 0) is 37.4 Å². The third-order valence-electron chi connectivity index (χ3n) is 5.28. The van der Waals surface area contributed by atoms with E-state index in [1.807, 2.05) is 30.3 Å². The van der Waals surface area contributed by atoms with Gasteiger partial charge in [0, 0.05) is 25.4 Å². The van der Waals surface area contributed by atoms with Crippen LogP contribution in [0.4, 0.5) is 0 Å². The molecule has 1 N–H and O–H groups in total. The van der Waals surface area contributed by atoms with Gasteiger partial charge in [-0.3, -0.25) is 18.7 Å². The van der Waals surface area contributed by atoms with E-state index in [2.05, 4.69) is 12.2 Å². The Morgan fingerprint density at radius 2 is 1.82 bits per heavy atom. The van der Waals surface area contributed by atoms with Crippen LogP contribution in [0.1, 0.15) is 25.3 Å². The first-order chi connectivity index (χ1) is 13.6. The Kier molecular flexibility index (Phi) is 6.81. The Hall–Kier alpha value is -2.67. The molecule has 1 fully saturated rings. The highest BCUT2D eigenvalue weighted by Crippen LogP contribution is 2.16. The first-order valence-electron chi connectivity index (χ1n) is 9.91. The number of rotatable bonds is 7. The Morgan fingerprint density at radius 1 is 1.11 bits per heavy atom. The predicted octanol–water partition coefficient (Wildman–Crippen LogP) is 0.906. The quantitative estimate of drug-likeness (QED) is 0.770. The molecule has 150 valence electrons.